The number of methoxy groups -OCH3 is 1. The van der Waals surface area contributed by atoms with E-state index in [1.165, 1.54) is 0 Å². The molecule has 2 aromatic rings. The molecule has 0 radical (unpaired) electrons. The molecule has 0 aliphatic heterocycles. The lowest BCUT2D eigenvalue weighted by atomic mass is 10.1. The average Bonchev–Trinajstić information content (AvgIpc) is 2.57. The highest BCUT2D eigenvalue weighted by molar-refractivity contribution is 6.00. The molecule has 0 saturated heterocycles. The van der Waals surface area contributed by atoms with Gasteiger partial charge in [-0.25, -0.2) is 5.43 Å². The third kappa shape index (κ3) is 4.45. The van der Waals surface area contributed by atoms with Crippen molar-refractivity contribution in [1.29, 1.82) is 0 Å². The minimum absolute atomic E-state index is 0.132. The Morgan fingerprint density at radius 3 is 2.36 bits per heavy atom. The number of carbonyl (C=O) groups is 1. The molecule has 0 unspecified atom stereocenters. The number of amides is 1. The standard InChI is InChI=1S/C18H20N2O2/c1-3-17(15-7-5-4-6-8-15)19-20-18(21)13-14-9-11-16(22-2)12-10-14/h4-12H,3,13H2,1-2H3,(H,20,21)/b19-17+. The Morgan fingerprint density at radius 1 is 1.09 bits per heavy atom. The van der Waals surface area contributed by atoms with Gasteiger partial charge in [-0.2, -0.15) is 5.10 Å². The van der Waals surface area contributed by atoms with E-state index in [0.717, 1.165) is 29.0 Å². The Balaban J connectivity index is 1.97. The Kier molecular flexibility index (Phi) is 5.72. The molecule has 1 N–H and O–H groups in total. The summed E-state index contributed by atoms with van der Waals surface area (Å²) in [6.07, 6.45) is 1.05. The number of nitrogens with one attached hydrogen (secondary N) is 1. The molecule has 114 valence electrons. The summed E-state index contributed by atoms with van der Waals surface area (Å²) in [5, 5.41) is 4.23. The predicted molar refractivity (Wildman–Crippen MR) is 88.1 cm³/mol. The average molecular weight is 296 g/mol. The van der Waals surface area contributed by atoms with Crippen molar-refractivity contribution in [2.45, 2.75) is 19.8 Å². The Labute approximate surface area is 130 Å². The molecule has 4 heteroatoms. The molecule has 22 heavy (non-hydrogen) atoms. The normalized spacial score (nSPS) is 11.1. The van der Waals surface area contributed by atoms with Crippen LogP contribution in [-0.2, 0) is 11.2 Å². The second-order valence-electron chi connectivity index (χ2n) is 4.84. The third-order valence-corrected chi connectivity index (χ3v) is 3.28. The van der Waals surface area contributed by atoms with Crippen LogP contribution in [0.3, 0.4) is 0 Å². The smallest absolute Gasteiger partial charge is 0.244 e. The number of benzene rings is 2. The molecule has 0 bridgehead atoms. The number of hydrogen-bond acceptors (Lipinski definition) is 3. The van der Waals surface area contributed by atoms with Crippen molar-refractivity contribution >= 4 is 11.6 Å². The molecule has 1 amide bonds. The van der Waals surface area contributed by atoms with E-state index in [9.17, 15) is 4.79 Å². The fraction of sp³-hybridized carbons (Fsp3) is 0.222. The first kappa shape index (κ1) is 15.8. The SMILES string of the molecule is CC/C(=N\NC(=O)Cc1ccc(OC)cc1)c1ccccc1. The first-order valence-electron chi connectivity index (χ1n) is 7.26. The van der Waals surface area contributed by atoms with Gasteiger partial charge in [-0.15, -0.1) is 0 Å². The topological polar surface area (TPSA) is 50.7 Å². The van der Waals surface area contributed by atoms with Gasteiger partial charge < -0.3 is 4.74 Å². The Morgan fingerprint density at radius 2 is 1.77 bits per heavy atom. The van der Waals surface area contributed by atoms with Crippen LogP contribution in [0.25, 0.3) is 0 Å². The second kappa shape index (κ2) is 7.98. The molecule has 0 saturated carbocycles. The van der Waals surface area contributed by atoms with Gasteiger partial charge in [-0.05, 0) is 29.7 Å². The van der Waals surface area contributed by atoms with Gasteiger partial charge in [-0.1, -0.05) is 49.4 Å². The van der Waals surface area contributed by atoms with E-state index in [1.54, 1.807) is 7.11 Å². The van der Waals surface area contributed by atoms with E-state index < -0.39 is 0 Å². The van der Waals surface area contributed by atoms with Crippen LogP contribution in [0.5, 0.6) is 5.75 Å². The van der Waals surface area contributed by atoms with E-state index in [0.29, 0.717) is 6.42 Å². The van der Waals surface area contributed by atoms with Gasteiger partial charge >= 0.3 is 0 Å². The monoisotopic (exact) mass is 296 g/mol. The van der Waals surface area contributed by atoms with Crippen molar-refractivity contribution < 1.29 is 9.53 Å². The predicted octanol–water partition coefficient (Wildman–Crippen LogP) is 3.17. The van der Waals surface area contributed by atoms with Crippen molar-refractivity contribution in [3.63, 3.8) is 0 Å². The summed E-state index contributed by atoms with van der Waals surface area (Å²) in [6.45, 7) is 2.02. The summed E-state index contributed by atoms with van der Waals surface area (Å²) in [5.74, 6) is 0.645. The van der Waals surface area contributed by atoms with E-state index in [2.05, 4.69) is 10.5 Å². The molecule has 0 heterocycles. The number of ether oxygens (including phenoxy) is 1. The Bertz CT molecular complexity index is 634. The van der Waals surface area contributed by atoms with Crippen molar-refractivity contribution in [2.75, 3.05) is 7.11 Å². The van der Waals surface area contributed by atoms with Crippen LogP contribution in [0.4, 0.5) is 0 Å². The second-order valence-corrected chi connectivity index (χ2v) is 4.84. The summed E-state index contributed by atoms with van der Waals surface area (Å²) >= 11 is 0. The number of carbonyl (C=O) groups excluding carboxylic acids is 1. The van der Waals surface area contributed by atoms with Crippen LogP contribution in [0.2, 0.25) is 0 Å². The van der Waals surface area contributed by atoms with Crippen LogP contribution < -0.4 is 10.2 Å². The molecular weight excluding hydrogens is 276 g/mol. The fourth-order valence-corrected chi connectivity index (χ4v) is 2.08. The number of hydrogen-bond donors (Lipinski definition) is 1. The molecule has 0 spiro atoms. The molecule has 2 aromatic carbocycles. The summed E-state index contributed by atoms with van der Waals surface area (Å²) in [6, 6.07) is 17.3. The largest absolute Gasteiger partial charge is 0.497 e. The zero-order valence-electron chi connectivity index (χ0n) is 12.9. The molecule has 2 rings (SSSR count). The van der Waals surface area contributed by atoms with Crippen LogP contribution in [0, 0.1) is 0 Å². The van der Waals surface area contributed by atoms with Crippen molar-refractivity contribution in [2.24, 2.45) is 5.10 Å². The van der Waals surface area contributed by atoms with E-state index in [-0.39, 0.29) is 5.91 Å². The summed E-state index contributed by atoms with van der Waals surface area (Å²) < 4.78 is 5.09. The van der Waals surface area contributed by atoms with Gasteiger partial charge in [0.05, 0.1) is 19.2 Å². The summed E-state index contributed by atoms with van der Waals surface area (Å²) in [7, 11) is 1.62. The number of rotatable bonds is 6. The maximum absolute atomic E-state index is 12.0. The fourth-order valence-electron chi connectivity index (χ4n) is 2.08. The summed E-state index contributed by atoms with van der Waals surface area (Å²) in [4.78, 5) is 12.0. The lowest BCUT2D eigenvalue weighted by Gasteiger charge is -2.06. The van der Waals surface area contributed by atoms with Crippen LogP contribution in [-0.4, -0.2) is 18.7 Å². The third-order valence-electron chi connectivity index (χ3n) is 3.28. The molecule has 0 aromatic heterocycles. The molecule has 0 aliphatic carbocycles. The molecule has 0 aliphatic rings. The molecular formula is C18H20N2O2. The van der Waals surface area contributed by atoms with Crippen LogP contribution >= 0.6 is 0 Å². The van der Waals surface area contributed by atoms with Gasteiger partial charge in [0.1, 0.15) is 5.75 Å². The van der Waals surface area contributed by atoms with Crippen LogP contribution in [0.15, 0.2) is 59.7 Å². The van der Waals surface area contributed by atoms with Gasteiger partial charge in [0, 0.05) is 0 Å². The first-order chi connectivity index (χ1) is 10.7. The first-order valence-corrected chi connectivity index (χ1v) is 7.26. The van der Waals surface area contributed by atoms with Crippen molar-refractivity contribution in [3.8, 4) is 5.75 Å². The van der Waals surface area contributed by atoms with Crippen molar-refractivity contribution in [1.82, 2.24) is 5.43 Å². The molecule has 4 nitrogen and oxygen atoms in total. The lowest BCUT2D eigenvalue weighted by Crippen LogP contribution is -2.21. The van der Waals surface area contributed by atoms with Gasteiger partial charge in [0.15, 0.2) is 0 Å². The summed E-state index contributed by atoms with van der Waals surface area (Å²) in [5.41, 5.74) is 5.44. The zero-order chi connectivity index (χ0) is 15.8. The van der Waals surface area contributed by atoms with E-state index >= 15 is 0 Å². The Hall–Kier alpha value is -2.62. The van der Waals surface area contributed by atoms with Gasteiger partial charge in [0.25, 0.3) is 0 Å². The van der Waals surface area contributed by atoms with E-state index in [1.807, 2.05) is 61.5 Å². The van der Waals surface area contributed by atoms with Gasteiger partial charge in [0.2, 0.25) is 5.91 Å². The maximum Gasteiger partial charge on any atom is 0.244 e. The highest BCUT2D eigenvalue weighted by Crippen LogP contribution is 2.11. The van der Waals surface area contributed by atoms with E-state index in [4.69, 9.17) is 4.74 Å². The van der Waals surface area contributed by atoms with Gasteiger partial charge in [-0.3, -0.25) is 4.79 Å². The molecule has 0 atom stereocenters. The van der Waals surface area contributed by atoms with Crippen molar-refractivity contribution in [3.05, 3.63) is 65.7 Å². The number of nitrogens with zero attached hydrogens (tertiary/aromatic N) is 1. The zero-order valence-corrected chi connectivity index (χ0v) is 12.9. The maximum atomic E-state index is 12.0. The van der Waals surface area contributed by atoms with Crippen LogP contribution in [0.1, 0.15) is 24.5 Å². The highest BCUT2D eigenvalue weighted by atomic mass is 16.5. The minimum atomic E-state index is -0.132. The minimum Gasteiger partial charge on any atom is -0.497 e. The highest BCUT2D eigenvalue weighted by Gasteiger charge is 2.05. The number of hydrazone groups is 1. The molecule has 0 fully saturated rings. The lowest BCUT2D eigenvalue weighted by molar-refractivity contribution is -0.120. The quantitative estimate of drug-likeness (QED) is 0.657.